The zero-order valence-electron chi connectivity index (χ0n) is 12.1. The number of amides is 1. The van der Waals surface area contributed by atoms with E-state index in [0.717, 1.165) is 30.9 Å². The molecule has 2 rings (SSSR count). The molecule has 1 heterocycles. The number of carbonyl (C=O) groups is 1. The van der Waals surface area contributed by atoms with Crippen LogP contribution in [-0.2, 0) is 4.79 Å². The van der Waals surface area contributed by atoms with Crippen LogP contribution in [0.15, 0.2) is 18.2 Å². The molecule has 1 aliphatic heterocycles. The molecule has 0 radical (unpaired) electrons. The first-order valence-electron chi connectivity index (χ1n) is 7.43. The predicted octanol–water partition coefficient (Wildman–Crippen LogP) is 3.85. The van der Waals surface area contributed by atoms with Crippen molar-refractivity contribution in [3.63, 3.8) is 0 Å². The van der Waals surface area contributed by atoms with E-state index in [-0.39, 0.29) is 5.91 Å². The lowest BCUT2D eigenvalue weighted by Crippen LogP contribution is -2.28. The summed E-state index contributed by atoms with van der Waals surface area (Å²) in [5, 5.41) is 3.61. The maximum atomic E-state index is 12.0. The second-order valence-electron chi connectivity index (χ2n) is 5.52. The van der Waals surface area contributed by atoms with Crippen molar-refractivity contribution in [3.8, 4) is 0 Å². The van der Waals surface area contributed by atoms with Crippen molar-refractivity contribution in [3.05, 3.63) is 28.8 Å². The lowest BCUT2D eigenvalue weighted by atomic mass is 10.2. The minimum absolute atomic E-state index is 0.0640. The van der Waals surface area contributed by atoms with Crippen LogP contribution in [0, 0.1) is 6.92 Å². The molecule has 0 unspecified atom stereocenters. The van der Waals surface area contributed by atoms with Crippen molar-refractivity contribution in [1.82, 2.24) is 4.90 Å². The Morgan fingerprint density at radius 2 is 1.95 bits per heavy atom. The Labute approximate surface area is 126 Å². The Kier molecular flexibility index (Phi) is 5.86. The summed E-state index contributed by atoms with van der Waals surface area (Å²) >= 11 is 6.05. The average molecular weight is 295 g/mol. The van der Waals surface area contributed by atoms with Gasteiger partial charge in [0.15, 0.2) is 0 Å². The molecule has 1 aliphatic rings. The first-order valence-corrected chi connectivity index (χ1v) is 7.81. The van der Waals surface area contributed by atoms with Crippen LogP contribution in [0.1, 0.15) is 37.7 Å². The molecular formula is C16H23ClN2O. The molecule has 1 amide bonds. The molecule has 0 aromatic heterocycles. The summed E-state index contributed by atoms with van der Waals surface area (Å²) in [5.74, 6) is 0.0640. The third kappa shape index (κ3) is 4.80. The fourth-order valence-electron chi connectivity index (χ4n) is 2.51. The fourth-order valence-corrected chi connectivity index (χ4v) is 2.69. The van der Waals surface area contributed by atoms with Crippen LogP contribution < -0.4 is 5.32 Å². The quantitative estimate of drug-likeness (QED) is 0.915. The summed E-state index contributed by atoms with van der Waals surface area (Å²) < 4.78 is 0. The third-order valence-electron chi connectivity index (χ3n) is 3.81. The van der Waals surface area contributed by atoms with Crippen LogP contribution >= 0.6 is 11.6 Å². The number of aryl methyl sites for hydroxylation is 1. The van der Waals surface area contributed by atoms with E-state index in [2.05, 4.69) is 10.2 Å². The number of likely N-dealkylation sites (tertiary alicyclic amines) is 1. The van der Waals surface area contributed by atoms with Gasteiger partial charge in [0.2, 0.25) is 5.91 Å². The number of nitrogens with zero attached hydrogens (tertiary/aromatic N) is 1. The largest absolute Gasteiger partial charge is 0.326 e. The van der Waals surface area contributed by atoms with Gasteiger partial charge in [0.1, 0.15) is 0 Å². The molecule has 1 aromatic rings. The number of benzene rings is 1. The van der Waals surface area contributed by atoms with E-state index in [4.69, 9.17) is 11.6 Å². The van der Waals surface area contributed by atoms with Crippen molar-refractivity contribution in [2.45, 2.75) is 39.0 Å². The molecule has 1 fully saturated rings. The molecule has 3 nitrogen and oxygen atoms in total. The van der Waals surface area contributed by atoms with E-state index in [1.54, 1.807) is 6.07 Å². The molecule has 0 saturated carbocycles. The second kappa shape index (κ2) is 7.65. The van der Waals surface area contributed by atoms with Gasteiger partial charge >= 0.3 is 0 Å². The van der Waals surface area contributed by atoms with Crippen LogP contribution in [-0.4, -0.2) is 30.4 Å². The number of anilines is 1. The lowest BCUT2D eigenvalue weighted by Gasteiger charge is -2.19. The average Bonchev–Trinajstić information content (AvgIpc) is 2.69. The van der Waals surface area contributed by atoms with Crippen molar-refractivity contribution in [1.29, 1.82) is 0 Å². The van der Waals surface area contributed by atoms with Crippen molar-refractivity contribution < 1.29 is 4.79 Å². The molecular weight excluding hydrogens is 272 g/mol. The maximum absolute atomic E-state index is 12.0. The predicted molar refractivity (Wildman–Crippen MR) is 84.3 cm³/mol. The molecule has 0 spiro atoms. The van der Waals surface area contributed by atoms with E-state index in [9.17, 15) is 4.79 Å². The first kappa shape index (κ1) is 15.3. The Hall–Kier alpha value is -1.06. The number of hydrogen-bond acceptors (Lipinski definition) is 2. The maximum Gasteiger partial charge on any atom is 0.225 e. The monoisotopic (exact) mass is 294 g/mol. The molecule has 1 N–H and O–H groups in total. The van der Waals surface area contributed by atoms with Crippen LogP contribution in [0.4, 0.5) is 5.69 Å². The Morgan fingerprint density at radius 1 is 1.25 bits per heavy atom. The zero-order valence-corrected chi connectivity index (χ0v) is 12.9. The molecule has 4 heteroatoms. The Morgan fingerprint density at radius 3 is 2.60 bits per heavy atom. The molecule has 20 heavy (non-hydrogen) atoms. The minimum atomic E-state index is 0.0640. The highest BCUT2D eigenvalue weighted by atomic mass is 35.5. The lowest BCUT2D eigenvalue weighted by molar-refractivity contribution is -0.116. The van der Waals surface area contributed by atoms with Gasteiger partial charge in [-0.15, -0.1) is 0 Å². The SMILES string of the molecule is Cc1ccc(NC(=O)CCN2CCCCCC2)cc1Cl. The highest BCUT2D eigenvalue weighted by Crippen LogP contribution is 2.20. The standard InChI is InChI=1S/C16H23ClN2O/c1-13-6-7-14(12-15(13)17)18-16(20)8-11-19-9-4-2-3-5-10-19/h6-7,12H,2-5,8-11H2,1H3,(H,18,20). The second-order valence-corrected chi connectivity index (χ2v) is 5.93. The van der Waals surface area contributed by atoms with Gasteiger partial charge in [-0.25, -0.2) is 0 Å². The highest BCUT2D eigenvalue weighted by molar-refractivity contribution is 6.31. The number of rotatable bonds is 4. The number of carbonyl (C=O) groups excluding carboxylic acids is 1. The van der Waals surface area contributed by atoms with Crippen molar-refractivity contribution >= 4 is 23.2 Å². The smallest absolute Gasteiger partial charge is 0.225 e. The van der Waals surface area contributed by atoms with Crippen LogP contribution in [0.3, 0.4) is 0 Å². The molecule has 0 atom stereocenters. The summed E-state index contributed by atoms with van der Waals surface area (Å²) in [6.07, 6.45) is 5.71. The van der Waals surface area contributed by atoms with Gasteiger partial charge in [-0.2, -0.15) is 0 Å². The highest BCUT2D eigenvalue weighted by Gasteiger charge is 2.11. The normalized spacial score (nSPS) is 16.7. The fraction of sp³-hybridized carbons (Fsp3) is 0.562. The summed E-state index contributed by atoms with van der Waals surface area (Å²) in [7, 11) is 0. The van der Waals surface area contributed by atoms with Crippen molar-refractivity contribution in [2.75, 3.05) is 25.0 Å². The van der Waals surface area contributed by atoms with Crippen LogP contribution in [0.2, 0.25) is 5.02 Å². The number of halogens is 1. The Bertz CT molecular complexity index is 454. The van der Waals surface area contributed by atoms with Gasteiger partial charge in [-0.1, -0.05) is 30.5 Å². The first-order chi connectivity index (χ1) is 9.65. The van der Waals surface area contributed by atoms with Gasteiger partial charge in [-0.3, -0.25) is 4.79 Å². The topological polar surface area (TPSA) is 32.3 Å². The summed E-state index contributed by atoms with van der Waals surface area (Å²) in [5.41, 5.74) is 1.80. The van der Waals surface area contributed by atoms with Gasteiger partial charge < -0.3 is 10.2 Å². The van der Waals surface area contributed by atoms with Gasteiger partial charge in [-0.05, 0) is 50.6 Å². The van der Waals surface area contributed by atoms with E-state index >= 15 is 0 Å². The molecule has 0 bridgehead atoms. The molecule has 110 valence electrons. The summed E-state index contributed by atoms with van der Waals surface area (Å²) in [4.78, 5) is 14.4. The Balaban J connectivity index is 1.78. The summed E-state index contributed by atoms with van der Waals surface area (Å²) in [6, 6.07) is 5.62. The van der Waals surface area contributed by atoms with E-state index in [1.165, 1.54) is 25.7 Å². The minimum Gasteiger partial charge on any atom is -0.326 e. The van der Waals surface area contributed by atoms with Gasteiger partial charge in [0, 0.05) is 23.7 Å². The van der Waals surface area contributed by atoms with Gasteiger partial charge in [0.25, 0.3) is 0 Å². The number of hydrogen-bond donors (Lipinski definition) is 1. The number of nitrogens with one attached hydrogen (secondary N) is 1. The molecule has 0 aliphatic carbocycles. The van der Waals surface area contributed by atoms with E-state index < -0.39 is 0 Å². The van der Waals surface area contributed by atoms with Crippen LogP contribution in [0.25, 0.3) is 0 Å². The molecule has 1 saturated heterocycles. The zero-order chi connectivity index (χ0) is 14.4. The van der Waals surface area contributed by atoms with Crippen molar-refractivity contribution in [2.24, 2.45) is 0 Å². The van der Waals surface area contributed by atoms with E-state index in [0.29, 0.717) is 11.4 Å². The van der Waals surface area contributed by atoms with E-state index in [1.807, 2.05) is 19.1 Å². The summed E-state index contributed by atoms with van der Waals surface area (Å²) in [6.45, 7) is 5.06. The van der Waals surface area contributed by atoms with Gasteiger partial charge in [0.05, 0.1) is 0 Å². The molecule has 1 aromatic carbocycles. The van der Waals surface area contributed by atoms with Crippen LogP contribution in [0.5, 0.6) is 0 Å². The third-order valence-corrected chi connectivity index (χ3v) is 4.22.